The number of carbonyl (C=O) groups is 3. The molecule has 4 N–H and O–H groups in total. The Morgan fingerprint density at radius 3 is 2.52 bits per heavy atom. The van der Waals surface area contributed by atoms with Gasteiger partial charge >= 0.3 is 0 Å². The number of morpholine rings is 1. The summed E-state index contributed by atoms with van der Waals surface area (Å²) in [7, 11) is 0. The van der Waals surface area contributed by atoms with Crippen LogP contribution in [-0.2, 0) is 25.5 Å². The molecule has 4 rings (SSSR count). The van der Waals surface area contributed by atoms with Gasteiger partial charge in [0.2, 0.25) is 17.7 Å². The Kier molecular flexibility index (Phi) is 12.2. The highest BCUT2D eigenvalue weighted by Gasteiger charge is 2.32. The number of hydrogen-bond acceptors (Lipinski definition) is 7. The summed E-state index contributed by atoms with van der Waals surface area (Å²) in [5, 5.41) is 7.06. The van der Waals surface area contributed by atoms with Crippen molar-refractivity contribution >= 4 is 39.3 Å². The largest absolute Gasteiger partial charge is 0.379 e. The van der Waals surface area contributed by atoms with Crippen LogP contribution in [0, 0.1) is 11.8 Å². The molecule has 1 aliphatic carbocycles. The number of benzene rings is 1. The SMILES string of the molecule is CCC(=O)N[C@@H](Cc1nc2ccc(C(C)C)cc2s1)C(=O)N[C@@H](CC(CCN1CCOCC1)C(N)=O)C1CCCCC1. The Morgan fingerprint density at radius 2 is 1.86 bits per heavy atom. The van der Waals surface area contributed by atoms with Gasteiger partial charge in [-0.2, -0.15) is 0 Å². The number of nitrogens with one attached hydrogen (secondary N) is 2. The highest BCUT2D eigenvalue weighted by atomic mass is 32.1. The van der Waals surface area contributed by atoms with Gasteiger partial charge in [-0.25, -0.2) is 4.98 Å². The number of thiazole rings is 1. The molecule has 0 bridgehead atoms. The van der Waals surface area contributed by atoms with E-state index in [4.69, 9.17) is 15.5 Å². The molecular weight excluding hydrogens is 550 g/mol. The van der Waals surface area contributed by atoms with E-state index in [1.165, 1.54) is 12.0 Å². The number of nitrogens with zero attached hydrogens (tertiary/aromatic N) is 2. The third kappa shape index (κ3) is 9.22. The van der Waals surface area contributed by atoms with Crippen LogP contribution in [0.5, 0.6) is 0 Å². The summed E-state index contributed by atoms with van der Waals surface area (Å²) in [6, 6.07) is 5.38. The van der Waals surface area contributed by atoms with Crippen LogP contribution in [0.1, 0.15) is 88.6 Å². The first-order chi connectivity index (χ1) is 20.2. The van der Waals surface area contributed by atoms with Crippen LogP contribution >= 0.6 is 11.3 Å². The van der Waals surface area contributed by atoms with E-state index in [-0.39, 0.29) is 35.6 Å². The first kappa shape index (κ1) is 32.4. The highest BCUT2D eigenvalue weighted by molar-refractivity contribution is 7.18. The van der Waals surface area contributed by atoms with Gasteiger partial charge in [0.25, 0.3) is 0 Å². The second kappa shape index (κ2) is 15.8. The Bertz CT molecular complexity index is 1190. The number of rotatable bonds is 14. The smallest absolute Gasteiger partial charge is 0.243 e. The van der Waals surface area contributed by atoms with Crippen LogP contribution in [0.25, 0.3) is 10.2 Å². The van der Waals surface area contributed by atoms with Crippen LogP contribution < -0.4 is 16.4 Å². The molecule has 3 atom stereocenters. The first-order valence-corrected chi connectivity index (χ1v) is 16.6. The van der Waals surface area contributed by atoms with Crippen LogP contribution in [0.15, 0.2) is 18.2 Å². The number of primary amides is 1. The maximum atomic E-state index is 13.9. The first-order valence-electron chi connectivity index (χ1n) is 15.8. The maximum absolute atomic E-state index is 13.9. The maximum Gasteiger partial charge on any atom is 0.243 e. The van der Waals surface area contributed by atoms with E-state index in [9.17, 15) is 14.4 Å². The summed E-state index contributed by atoms with van der Waals surface area (Å²) in [6.07, 6.45) is 7.25. The van der Waals surface area contributed by atoms with Crippen molar-refractivity contribution in [3.8, 4) is 0 Å². The fraction of sp³-hybridized carbons (Fsp3) is 0.688. The molecule has 2 heterocycles. The van der Waals surface area contributed by atoms with Crippen molar-refractivity contribution in [3.05, 3.63) is 28.8 Å². The summed E-state index contributed by atoms with van der Waals surface area (Å²) in [5.41, 5.74) is 8.07. The average Bonchev–Trinajstić information content (AvgIpc) is 3.40. The zero-order chi connectivity index (χ0) is 30.1. The van der Waals surface area contributed by atoms with Gasteiger partial charge in [-0.15, -0.1) is 11.3 Å². The number of amides is 3. The van der Waals surface area contributed by atoms with Crippen molar-refractivity contribution in [2.75, 3.05) is 32.8 Å². The third-order valence-electron chi connectivity index (χ3n) is 8.86. The molecular formula is C32H49N5O4S. The molecule has 1 unspecified atom stereocenters. The van der Waals surface area contributed by atoms with E-state index in [0.29, 0.717) is 44.8 Å². The summed E-state index contributed by atoms with van der Waals surface area (Å²) >= 11 is 1.57. The molecule has 0 radical (unpaired) electrons. The fourth-order valence-electron chi connectivity index (χ4n) is 6.15. The van der Waals surface area contributed by atoms with E-state index in [1.54, 1.807) is 18.3 Å². The molecule has 232 valence electrons. The Labute approximate surface area is 254 Å². The summed E-state index contributed by atoms with van der Waals surface area (Å²) in [4.78, 5) is 46.1. The molecule has 0 spiro atoms. The van der Waals surface area contributed by atoms with Gasteiger partial charge in [-0.05, 0) is 61.8 Å². The molecule has 2 aromatic rings. The predicted octanol–water partition coefficient (Wildman–Crippen LogP) is 4.14. The van der Waals surface area contributed by atoms with Gasteiger partial charge in [-0.3, -0.25) is 19.3 Å². The lowest BCUT2D eigenvalue weighted by atomic mass is 9.79. The van der Waals surface area contributed by atoms with Crippen molar-refractivity contribution in [3.63, 3.8) is 0 Å². The molecule has 1 aromatic heterocycles. The topological polar surface area (TPSA) is 127 Å². The molecule has 1 saturated carbocycles. The number of hydrogen-bond donors (Lipinski definition) is 3. The van der Waals surface area contributed by atoms with Crippen LogP contribution in [0.3, 0.4) is 0 Å². The van der Waals surface area contributed by atoms with Gasteiger partial charge < -0.3 is 21.1 Å². The number of nitrogens with two attached hydrogens (primary N) is 1. The predicted molar refractivity (Wildman–Crippen MR) is 167 cm³/mol. The van der Waals surface area contributed by atoms with Crippen LogP contribution in [-0.4, -0.2) is 72.5 Å². The number of carbonyl (C=O) groups excluding carboxylic acids is 3. The molecule has 2 fully saturated rings. The molecule has 1 saturated heterocycles. The van der Waals surface area contributed by atoms with Crippen LogP contribution in [0.2, 0.25) is 0 Å². The lowest BCUT2D eigenvalue weighted by Crippen LogP contribution is -2.53. The number of aromatic nitrogens is 1. The zero-order valence-electron chi connectivity index (χ0n) is 25.5. The summed E-state index contributed by atoms with van der Waals surface area (Å²) < 4.78 is 6.54. The minimum Gasteiger partial charge on any atom is -0.379 e. The van der Waals surface area contributed by atoms with Crippen molar-refractivity contribution in [1.29, 1.82) is 0 Å². The second-order valence-corrected chi connectivity index (χ2v) is 13.4. The van der Waals surface area contributed by atoms with E-state index in [0.717, 1.165) is 60.5 Å². The minimum atomic E-state index is -0.742. The van der Waals surface area contributed by atoms with Crippen molar-refractivity contribution < 1.29 is 19.1 Å². The minimum absolute atomic E-state index is 0.173. The standard InChI is InChI=1S/C32H49N5O4S/c1-4-29(38)34-27(20-30-35-25-11-10-23(21(2)3)19-28(25)42-30)32(40)36-26(22-8-6-5-7-9-22)18-24(31(33)39)12-13-37-14-16-41-17-15-37/h10-11,19,21-22,24,26-27H,4-9,12-18,20H2,1-3H3,(H2,33,39)(H,34,38)(H,36,40)/t24?,26-,27-/m0/s1. The van der Waals surface area contributed by atoms with E-state index >= 15 is 0 Å². The zero-order valence-corrected chi connectivity index (χ0v) is 26.3. The van der Waals surface area contributed by atoms with E-state index < -0.39 is 6.04 Å². The fourth-order valence-corrected chi connectivity index (χ4v) is 7.21. The van der Waals surface area contributed by atoms with E-state index in [1.807, 2.05) is 6.07 Å². The molecule has 42 heavy (non-hydrogen) atoms. The quantitative estimate of drug-likeness (QED) is 0.300. The molecule has 1 aromatic carbocycles. The van der Waals surface area contributed by atoms with Gasteiger partial charge in [0.15, 0.2) is 0 Å². The Balaban J connectivity index is 1.49. The van der Waals surface area contributed by atoms with Crippen molar-refractivity contribution in [2.45, 2.75) is 96.6 Å². The molecule has 10 heteroatoms. The number of ether oxygens (including phenoxy) is 1. The monoisotopic (exact) mass is 599 g/mol. The van der Waals surface area contributed by atoms with Gasteiger partial charge in [0.05, 0.1) is 28.4 Å². The van der Waals surface area contributed by atoms with Gasteiger partial charge in [0, 0.05) is 37.9 Å². The highest BCUT2D eigenvalue weighted by Crippen LogP contribution is 2.31. The molecule has 3 amide bonds. The van der Waals surface area contributed by atoms with E-state index in [2.05, 4.69) is 41.5 Å². The summed E-state index contributed by atoms with van der Waals surface area (Å²) in [5.74, 6) is -0.337. The van der Waals surface area contributed by atoms with Crippen molar-refractivity contribution in [1.82, 2.24) is 20.5 Å². The third-order valence-corrected chi connectivity index (χ3v) is 9.90. The molecule has 2 aliphatic rings. The van der Waals surface area contributed by atoms with Crippen molar-refractivity contribution in [2.24, 2.45) is 17.6 Å². The molecule has 9 nitrogen and oxygen atoms in total. The van der Waals surface area contributed by atoms with Gasteiger partial charge in [-0.1, -0.05) is 46.1 Å². The lowest BCUT2D eigenvalue weighted by Gasteiger charge is -2.34. The lowest BCUT2D eigenvalue weighted by molar-refractivity contribution is -0.130. The average molecular weight is 600 g/mol. The van der Waals surface area contributed by atoms with Crippen LogP contribution in [0.4, 0.5) is 0 Å². The van der Waals surface area contributed by atoms with Gasteiger partial charge in [0.1, 0.15) is 6.04 Å². The summed E-state index contributed by atoms with van der Waals surface area (Å²) in [6.45, 7) is 10.0. The Hall–Kier alpha value is -2.56. The second-order valence-electron chi connectivity index (χ2n) is 12.3. The Morgan fingerprint density at radius 1 is 1.12 bits per heavy atom. The number of fused-ring (bicyclic) bond motifs is 1. The normalized spacial score (nSPS) is 19.0. The molecule has 1 aliphatic heterocycles.